The maximum Gasteiger partial charge on any atom is 0.307 e. The Balaban J connectivity index is 2.30. The summed E-state index contributed by atoms with van der Waals surface area (Å²) >= 11 is 0. The van der Waals surface area contributed by atoms with Crippen LogP contribution in [0.15, 0.2) is 18.2 Å². The van der Waals surface area contributed by atoms with Crippen molar-refractivity contribution in [2.24, 2.45) is 0 Å². The van der Waals surface area contributed by atoms with Gasteiger partial charge in [0.15, 0.2) is 0 Å². The Labute approximate surface area is 95.7 Å². The summed E-state index contributed by atoms with van der Waals surface area (Å²) in [6.07, 6.45) is 1.18. The zero-order valence-electron chi connectivity index (χ0n) is 9.73. The molecule has 0 amide bonds. The van der Waals surface area contributed by atoms with E-state index in [1.165, 1.54) is 11.3 Å². The van der Waals surface area contributed by atoms with Gasteiger partial charge in [-0.25, -0.2) is 0 Å². The van der Waals surface area contributed by atoms with Gasteiger partial charge in [0.2, 0.25) is 0 Å². The van der Waals surface area contributed by atoms with Crippen LogP contribution in [0.2, 0.25) is 0 Å². The van der Waals surface area contributed by atoms with Gasteiger partial charge in [0.25, 0.3) is 0 Å². The van der Waals surface area contributed by atoms with Gasteiger partial charge < -0.3 is 10.0 Å². The highest BCUT2D eigenvalue weighted by atomic mass is 16.4. The molecule has 0 aliphatic carbocycles. The van der Waals surface area contributed by atoms with Crippen LogP contribution >= 0.6 is 0 Å². The fourth-order valence-corrected chi connectivity index (χ4v) is 2.27. The van der Waals surface area contributed by atoms with Gasteiger partial charge >= 0.3 is 5.97 Å². The van der Waals surface area contributed by atoms with E-state index in [0.29, 0.717) is 6.04 Å². The second kappa shape index (κ2) is 4.16. The molecule has 1 heterocycles. The van der Waals surface area contributed by atoms with Gasteiger partial charge in [-0.05, 0) is 37.5 Å². The lowest BCUT2D eigenvalue weighted by molar-refractivity contribution is -0.136. The Morgan fingerprint density at radius 1 is 1.50 bits per heavy atom. The molecule has 0 bridgehead atoms. The molecular weight excluding hydrogens is 202 g/mol. The number of carbonyl (C=O) groups is 1. The van der Waals surface area contributed by atoms with Gasteiger partial charge in [0.05, 0.1) is 6.42 Å². The molecule has 0 saturated carbocycles. The first-order valence-corrected chi connectivity index (χ1v) is 5.68. The van der Waals surface area contributed by atoms with Crippen molar-refractivity contribution in [3.05, 3.63) is 29.3 Å². The van der Waals surface area contributed by atoms with Crippen molar-refractivity contribution >= 4 is 11.7 Å². The minimum absolute atomic E-state index is 0.110. The molecule has 0 unspecified atom stereocenters. The van der Waals surface area contributed by atoms with Crippen molar-refractivity contribution in [1.82, 2.24) is 0 Å². The Morgan fingerprint density at radius 3 is 2.88 bits per heavy atom. The van der Waals surface area contributed by atoms with E-state index in [1.54, 1.807) is 0 Å². The molecule has 1 aromatic rings. The number of benzene rings is 1. The summed E-state index contributed by atoms with van der Waals surface area (Å²) in [6, 6.07) is 6.49. The number of carboxylic acids is 1. The molecule has 16 heavy (non-hydrogen) atoms. The van der Waals surface area contributed by atoms with Crippen molar-refractivity contribution in [3.63, 3.8) is 0 Å². The third kappa shape index (κ3) is 2.03. The van der Waals surface area contributed by atoms with E-state index in [1.807, 2.05) is 12.1 Å². The lowest BCUT2D eigenvalue weighted by Crippen LogP contribution is -2.28. The van der Waals surface area contributed by atoms with Crippen LogP contribution in [0.4, 0.5) is 5.69 Å². The fraction of sp³-hybridized carbons (Fsp3) is 0.462. The smallest absolute Gasteiger partial charge is 0.307 e. The molecule has 0 radical (unpaired) electrons. The number of hydrogen-bond donors (Lipinski definition) is 1. The zero-order valence-corrected chi connectivity index (χ0v) is 9.73. The third-order valence-electron chi connectivity index (χ3n) is 3.06. The highest BCUT2D eigenvalue weighted by molar-refractivity contribution is 5.71. The molecular formula is C13H17NO2. The minimum atomic E-state index is -0.769. The molecule has 2 rings (SSSR count). The Hall–Kier alpha value is -1.51. The number of nitrogens with zero attached hydrogens (tertiary/aromatic N) is 1. The molecule has 1 aliphatic rings. The number of anilines is 1. The summed E-state index contributed by atoms with van der Waals surface area (Å²) in [5.41, 5.74) is 3.44. The number of hydrogen-bond acceptors (Lipinski definition) is 2. The first kappa shape index (κ1) is 11.0. The fourth-order valence-electron chi connectivity index (χ4n) is 2.27. The van der Waals surface area contributed by atoms with E-state index >= 15 is 0 Å². The van der Waals surface area contributed by atoms with Gasteiger partial charge in [-0.15, -0.1) is 0 Å². The molecule has 0 fully saturated rings. The van der Waals surface area contributed by atoms with Gasteiger partial charge in [-0.2, -0.15) is 0 Å². The average molecular weight is 219 g/mol. The van der Waals surface area contributed by atoms with Crippen LogP contribution in [-0.2, 0) is 17.6 Å². The van der Waals surface area contributed by atoms with Crippen LogP contribution in [0.1, 0.15) is 25.0 Å². The molecule has 1 N–H and O–H groups in total. The molecule has 0 aromatic heterocycles. The predicted molar refractivity (Wildman–Crippen MR) is 64.0 cm³/mol. The summed E-state index contributed by atoms with van der Waals surface area (Å²) in [5, 5.41) is 8.78. The van der Waals surface area contributed by atoms with Crippen molar-refractivity contribution < 1.29 is 9.90 Å². The van der Waals surface area contributed by atoms with Crippen molar-refractivity contribution in [3.8, 4) is 0 Å². The van der Waals surface area contributed by atoms with Crippen molar-refractivity contribution in [2.75, 3.05) is 11.4 Å². The van der Waals surface area contributed by atoms with Crippen LogP contribution in [0.25, 0.3) is 0 Å². The summed E-state index contributed by atoms with van der Waals surface area (Å²) in [7, 11) is 0. The van der Waals surface area contributed by atoms with Gasteiger partial charge in [-0.1, -0.05) is 12.1 Å². The van der Waals surface area contributed by atoms with E-state index in [0.717, 1.165) is 18.5 Å². The number of carboxylic acid groups (broad SMARTS) is 1. The Bertz CT molecular complexity index is 412. The Morgan fingerprint density at radius 2 is 2.25 bits per heavy atom. The maximum atomic E-state index is 10.7. The lowest BCUT2D eigenvalue weighted by atomic mass is 10.1. The summed E-state index contributed by atoms with van der Waals surface area (Å²) < 4.78 is 0. The zero-order chi connectivity index (χ0) is 11.7. The standard InChI is InChI=1S/C13H17NO2/c1-9(2)14-6-5-11-4-3-10(7-12(11)14)8-13(15)16/h3-4,7,9H,5-6,8H2,1-2H3,(H,15,16). The van der Waals surface area contributed by atoms with Crippen molar-refractivity contribution in [2.45, 2.75) is 32.7 Å². The Kier molecular flexibility index (Phi) is 2.86. The van der Waals surface area contributed by atoms with E-state index in [2.05, 4.69) is 24.8 Å². The predicted octanol–water partition coefficient (Wildman–Crippen LogP) is 2.08. The first-order valence-electron chi connectivity index (χ1n) is 5.68. The molecule has 1 aliphatic heterocycles. The number of fused-ring (bicyclic) bond motifs is 1. The van der Waals surface area contributed by atoms with Gasteiger partial charge in [-0.3, -0.25) is 4.79 Å². The molecule has 0 atom stereocenters. The topological polar surface area (TPSA) is 40.5 Å². The monoisotopic (exact) mass is 219 g/mol. The first-order chi connectivity index (χ1) is 7.58. The molecule has 1 aromatic carbocycles. The second-order valence-electron chi connectivity index (χ2n) is 4.57. The SMILES string of the molecule is CC(C)N1CCc2ccc(CC(=O)O)cc21. The highest BCUT2D eigenvalue weighted by Gasteiger charge is 2.21. The maximum absolute atomic E-state index is 10.7. The van der Waals surface area contributed by atoms with E-state index in [4.69, 9.17) is 5.11 Å². The van der Waals surface area contributed by atoms with Crippen LogP contribution in [-0.4, -0.2) is 23.7 Å². The summed E-state index contributed by atoms with van der Waals surface area (Å²) in [5.74, 6) is -0.769. The van der Waals surface area contributed by atoms with Crippen molar-refractivity contribution in [1.29, 1.82) is 0 Å². The average Bonchev–Trinajstić information content (AvgIpc) is 2.59. The normalized spacial score (nSPS) is 14.3. The number of aliphatic carboxylic acids is 1. The van der Waals surface area contributed by atoms with Gasteiger partial charge in [0, 0.05) is 18.3 Å². The summed E-state index contributed by atoms with van der Waals surface area (Å²) in [6.45, 7) is 5.38. The largest absolute Gasteiger partial charge is 0.481 e. The van der Waals surface area contributed by atoms with E-state index in [-0.39, 0.29) is 6.42 Å². The lowest BCUT2D eigenvalue weighted by Gasteiger charge is -2.24. The molecule has 0 spiro atoms. The van der Waals surface area contributed by atoms with Crippen LogP contribution in [0.3, 0.4) is 0 Å². The van der Waals surface area contributed by atoms with E-state index in [9.17, 15) is 4.79 Å². The second-order valence-corrected chi connectivity index (χ2v) is 4.57. The third-order valence-corrected chi connectivity index (χ3v) is 3.06. The quantitative estimate of drug-likeness (QED) is 0.846. The molecule has 3 heteroatoms. The van der Waals surface area contributed by atoms with Crippen LogP contribution in [0.5, 0.6) is 0 Å². The summed E-state index contributed by atoms with van der Waals surface area (Å²) in [4.78, 5) is 13.0. The molecule has 0 saturated heterocycles. The highest BCUT2D eigenvalue weighted by Crippen LogP contribution is 2.30. The van der Waals surface area contributed by atoms with Crippen LogP contribution in [0, 0.1) is 0 Å². The van der Waals surface area contributed by atoms with E-state index < -0.39 is 5.97 Å². The number of rotatable bonds is 3. The molecule has 86 valence electrons. The van der Waals surface area contributed by atoms with Crippen LogP contribution < -0.4 is 4.90 Å². The van der Waals surface area contributed by atoms with Gasteiger partial charge in [0.1, 0.15) is 0 Å². The minimum Gasteiger partial charge on any atom is -0.481 e. The molecule has 3 nitrogen and oxygen atoms in total.